The molecule has 2 aromatic carbocycles. The first-order valence-electron chi connectivity index (χ1n) is 5.55. The van der Waals surface area contributed by atoms with Crippen LogP contribution in [0.2, 0.25) is 0 Å². The van der Waals surface area contributed by atoms with E-state index in [1.54, 1.807) is 24.3 Å². The number of nitrogen functional groups attached to an aromatic ring is 1. The molecule has 0 aromatic heterocycles. The highest BCUT2D eigenvalue weighted by molar-refractivity contribution is 5.66. The van der Waals surface area contributed by atoms with Crippen molar-refractivity contribution in [1.29, 1.82) is 0 Å². The van der Waals surface area contributed by atoms with Crippen LogP contribution in [0.4, 0.5) is 22.7 Å². The summed E-state index contributed by atoms with van der Waals surface area (Å²) in [5, 5.41) is 13.9. The Morgan fingerprint density at radius 3 is 2.37 bits per heavy atom. The van der Waals surface area contributed by atoms with E-state index in [1.807, 2.05) is 12.1 Å². The van der Waals surface area contributed by atoms with Crippen LogP contribution in [0.15, 0.2) is 42.5 Å². The minimum atomic E-state index is -0.480. The lowest BCUT2D eigenvalue weighted by molar-refractivity contribution is -0.385. The third kappa shape index (κ3) is 2.92. The molecule has 0 radical (unpaired) electrons. The van der Waals surface area contributed by atoms with Crippen LogP contribution in [0.25, 0.3) is 0 Å². The monoisotopic (exact) mass is 259 g/mol. The minimum Gasteiger partial charge on any atom is -0.490 e. The molecule has 0 aliphatic rings. The first-order chi connectivity index (χ1) is 9.10. The number of nitro groups is 1. The normalized spacial score (nSPS) is 9.95. The summed E-state index contributed by atoms with van der Waals surface area (Å²) >= 11 is 0. The number of ether oxygens (including phenoxy) is 1. The lowest BCUT2D eigenvalue weighted by atomic mass is 10.2. The van der Waals surface area contributed by atoms with Crippen molar-refractivity contribution in [1.82, 2.24) is 0 Å². The van der Waals surface area contributed by atoms with Crippen molar-refractivity contribution in [3.63, 3.8) is 0 Å². The Bertz CT molecular complexity index is 597. The molecule has 98 valence electrons. The van der Waals surface area contributed by atoms with Gasteiger partial charge in [0, 0.05) is 29.2 Å². The van der Waals surface area contributed by atoms with E-state index in [2.05, 4.69) is 5.32 Å². The van der Waals surface area contributed by atoms with E-state index in [0.29, 0.717) is 11.4 Å². The molecule has 6 heteroatoms. The van der Waals surface area contributed by atoms with Gasteiger partial charge in [0.2, 0.25) is 0 Å². The van der Waals surface area contributed by atoms with Crippen LogP contribution in [-0.2, 0) is 0 Å². The SMILES string of the molecule is COc1cc(Nc2ccc(N)cc2)ccc1[N+](=O)[O-]. The summed E-state index contributed by atoms with van der Waals surface area (Å²) in [6.45, 7) is 0. The summed E-state index contributed by atoms with van der Waals surface area (Å²) in [5.41, 5.74) is 7.74. The van der Waals surface area contributed by atoms with Crippen molar-refractivity contribution in [3.05, 3.63) is 52.6 Å². The van der Waals surface area contributed by atoms with E-state index in [4.69, 9.17) is 10.5 Å². The van der Waals surface area contributed by atoms with E-state index in [1.165, 1.54) is 13.2 Å². The van der Waals surface area contributed by atoms with E-state index in [0.717, 1.165) is 5.69 Å². The molecule has 3 N–H and O–H groups in total. The number of anilines is 3. The number of hydrogen-bond acceptors (Lipinski definition) is 5. The zero-order chi connectivity index (χ0) is 13.8. The Morgan fingerprint density at radius 2 is 1.79 bits per heavy atom. The van der Waals surface area contributed by atoms with Gasteiger partial charge in [-0.2, -0.15) is 0 Å². The van der Waals surface area contributed by atoms with Gasteiger partial charge in [0.15, 0.2) is 5.75 Å². The summed E-state index contributed by atoms with van der Waals surface area (Å²) < 4.78 is 5.00. The molecule has 0 saturated heterocycles. The van der Waals surface area contributed by atoms with Crippen molar-refractivity contribution in [2.24, 2.45) is 0 Å². The van der Waals surface area contributed by atoms with E-state index in [-0.39, 0.29) is 11.4 Å². The Kier molecular flexibility index (Phi) is 3.51. The second-order valence-corrected chi connectivity index (χ2v) is 3.89. The molecule has 0 amide bonds. The fourth-order valence-corrected chi connectivity index (χ4v) is 1.64. The quantitative estimate of drug-likeness (QED) is 0.500. The number of benzene rings is 2. The second-order valence-electron chi connectivity index (χ2n) is 3.89. The molecule has 0 spiro atoms. The fourth-order valence-electron chi connectivity index (χ4n) is 1.64. The molecule has 0 heterocycles. The lowest BCUT2D eigenvalue weighted by Gasteiger charge is -2.08. The van der Waals surface area contributed by atoms with Crippen LogP contribution in [0, 0.1) is 10.1 Å². The Hall–Kier alpha value is -2.76. The zero-order valence-electron chi connectivity index (χ0n) is 10.3. The maximum Gasteiger partial charge on any atom is 0.311 e. The molecule has 19 heavy (non-hydrogen) atoms. The average Bonchev–Trinajstić information content (AvgIpc) is 2.41. The van der Waals surface area contributed by atoms with Gasteiger partial charge in [0.05, 0.1) is 12.0 Å². The second kappa shape index (κ2) is 5.26. The van der Waals surface area contributed by atoms with Crippen molar-refractivity contribution >= 4 is 22.7 Å². The van der Waals surface area contributed by atoms with Crippen molar-refractivity contribution < 1.29 is 9.66 Å². The van der Waals surface area contributed by atoms with Gasteiger partial charge in [-0.05, 0) is 30.3 Å². The van der Waals surface area contributed by atoms with Gasteiger partial charge >= 0.3 is 5.69 Å². The minimum absolute atomic E-state index is 0.0645. The zero-order valence-corrected chi connectivity index (χ0v) is 10.3. The van der Waals surface area contributed by atoms with Gasteiger partial charge in [-0.25, -0.2) is 0 Å². The number of methoxy groups -OCH3 is 1. The third-order valence-corrected chi connectivity index (χ3v) is 2.58. The van der Waals surface area contributed by atoms with Gasteiger partial charge < -0.3 is 15.8 Å². The maximum absolute atomic E-state index is 10.8. The first kappa shape index (κ1) is 12.7. The number of rotatable bonds is 4. The molecule has 0 unspecified atom stereocenters. The Labute approximate surface area is 110 Å². The molecule has 6 nitrogen and oxygen atoms in total. The molecule has 2 rings (SSSR count). The molecular formula is C13H13N3O3. The van der Waals surface area contributed by atoms with Gasteiger partial charge in [0.25, 0.3) is 0 Å². The molecule has 2 aromatic rings. The summed E-state index contributed by atoms with van der Waals surface area (Å²) in [6, 6.07) is 11.8. The summed E-state index contributed by atoms with van der Waals surface area (Å²) in [7, 11) is 1.40. The van der Waals surface area contributed by atoms with Crippen LogP contribution in [-0.4, -0.2) is 12.0 Å². The number of nitro benzene ring substituents is 1. The fraction of sp³-hybridized carbons (Fsp3) is 0.0769. The van der Waals surface area contributed by atoms with E-state index in [9.17, 15) is 10.1 Å². The van der Waals surface area contributed by atoms with Crippen molar-refractivity contribution in [2.75, 3.05) is 18.2 Å². The van der Waals surface area contributed by atoms with Gasteiger partial charge in [-0.3, -0.25) is 10.1 Å². The molecular weight excluding hydrogens is 246 g/mol. The number of nitrogens with one attached hydrogen (secondary N) is 1. The highest BCUT2D eigenvalue weighted by Gasteiger charge is 2.14. The smallest absolute Gasteiger partial charge is 0.311 e. The number of nitrogens with zero attached hydrogens (tertiary/aromatic N) is 1. The highest BCUT2D eigenvalue weighted by Crippen LogP contribution is 2.31. The Balaban J connectivity index is 2.26. The molecule has 0 aliphatic carbocycles. The molecule has 0 bridgehead atoms. The van der Waals surface area contributed by atoms with Crippen LogP contribution in [0.5, 0.6) is 5.75 Å². The van der Waals surface area contributed by atoms with Crippen LogP contribution in [0.3, 0.4) is 0 Å². The standard InChI is InChI=1S/C13H13N3O3/c1-19-13-8-11(6-7-12(13)16(17)18)15-10-4-2-9(14)3-5-10/h2-8,15H,14H2,1H3. The van der Waals surface area contributed by atoms with Crippen molar-refractivity contribution in [3.8, 4) is 5.75 Å². The predicted octanol–water partition coefficient (Wildman–Crippen LogP) is 2.93. The van der Waals surface area contributed by atoms with Gasteiger partial charge in [-0.1, -0.05) is 0 Å². The molecule has 0 atom stereocenters. The highest BCUT2D eigenvalue weighted by atomic mass is 16.6. The van der Waals surface area contributed by atoms with Gasteiger partial charge in [0.1, 0.15) is 0 Å². The van der Waals surface area contributed by atoms with E-state index < -0.39 is 4.92 Å². The summed E-state index contributed by atoms with van der Waals surface area (Å²) in [5.74, 6) is 0.213. The molecule has 0 fully saturated rings. The number of hydrogen-bond donors (Lipinski definition) is 2. The van der Waals surface area contributed by atoms with E-state index >= 15 is 0 Å². The van der Waals surface area contributed by atoms with Crippen LogP contribution >= 0.6 is 0 Å². The third-order valence-electron chi connectivity index (χ3n) is 2.58. The molecule has 0 saturated carbocycles. The van der Waals surface area contributed by atoms with Crippen LogP contribution < -0.4 is 15.8 Å². The predicted molar refractivity (Wildman–Crippen MR) is 73.8 cm³/mol. The molecule has 0 aliphatic heterocycles. The lowest BCUT2D eigenvalue weighted by Crippen LogP contribution is -1.96. The van der Waals surface area contributed by atoms with Gasteiger partial charge in [-0.15, -0.1) is 0 Å². The average molecular weight is 259 g/mol. The summed E-state index contributed by atoms with van der Waals surface area (Å²) in [4.78, 5) is 10.3. The first-order valence-corrected chi connectivity index (χ1v) is 5.55. The largest absolute Gasteiger partial charge is 0.490 e. The van der Waals surface area contributed by atoms with Crippen LogP contribution in [0.1, 0.15) is 0 Å². The van der Waals surface area contributed by atoms with Crippen molar-refractivity contribution in [2.45, 2.75) is 0 Å². The maximum atomic E-state index is 10.8. The topological polar surface area (TPSA) is 90.4 Å². The number of nitrogens with two attached hydrogens (primary N) is 1. The Morgan fingerprint density at radius 1 is 1.16 bits per heavy atom. The summed E-state index contributed by atoms with van der Waals surface area (Å²) in [6.07, 6.45) is 0.